The Bertz CT molecular complexity index is 1050. The maximum atomic E-state index is 12.9. The van der Waals surface area contributed by atoms with E-state index in [0.29, 0.717) is 6.54 Å². The number of nitrogens with zero attached hydrogens (tertiary/aromatic N) is 2. The molecule has 2 saturated heterocycles. The molecule has 32 heavy (non-hydrogen) atoms. The minimum absolute atomic E-state index is 0.00142. The van der Waals surface area contributed by atoms with Gasteiger partial charge in [0.15, 0.2) is 0 Å². The number of rotatable bonds is 7. The lowest BCUT2D eigenvalue weighted by Gasteiger charge is -2.33. The zero-order valence-electron chi connectivity index (χ0n) is 17.8. The van der Waals surface area contributed by atoms with E-state index < -0.39 is 10.0 Å². The van der Waals surface area contributed by atoms with Crippen LogP contribution in [0.2, 0.25) is 0 Å². The van der Waals surface area contributed by atoms with Crippen LogP contribution in [0.15, 0.2) is 52.0 Å². The van der Waals surface area contributed by atoms with Crippen LogP contribution < -0.4 is 10.6 Å². The van der Waals surface area contributed by atoms with Gasteiger partial charge in [-0.1, -0.05) is 12.5 Å². The molecule has 4 rings (SSSR count). The minimum atomic E-state index is -3.87. The molecule has 9 nitrogen and oxygen atoms in total. The van der Waals surface area contributed by atoms with E-state index in [1.165, 1.54) is 18.6 Å². The first kappa shape index (κ1) is 22.5. The van der Waals surface area contributed by atoms with Gasteiger partial charge in [0.05, 0.1) is 23.7 Å². The molecule has 2 amide bonds. The Morgan fingerprint density at radius 1 is 1.12 bits per heavy atom. The molecule has 0 radical (unpaired) electrons. The first-order valence-corrected chi connectivity index (χ1v) is 12.3. The van der Waals surface area contributed by atoms with Crippen LogP contribution in [0, 0.1) is 0 Å². The number of sulfonamides is 1. The van der Waals surface area contributed by atoms with Crippen LogP contribution in [0.3, 0.4) is 0 Å². The molecular formula is C22H28N4O5S. The summed E-state index contributed by atoms with van der Waals surface area (Å²) in [5, 5.41) is 5.55. The zero-order chi connectivity index (χ0) is 22.6. The van der Waals surface area contributed by atoms with E-state index in [-0.39, 0.29) is 47.9 Å². The monoisotopic (exact) mass is 460 g/mol. The van der Waals surface area contributed by atoms with Crippen molar-refractivity contribution in [1.29, 1.82) is 0 Å². The van der Waals surface area contributed by atoms with E-state index in [9.17, 15) is 18.0 Å². The van der Waals surface area contributed by atoms with Crippen molar-refractivity contribution in [3.63, 3.8) is 0 Å². The number of piperidine rings is 1. The molecule has 0 bridgehead atoms. The van der Waals surface area contributed by atoms with Gasteiger partial charge < -0.3 is 15.1 Å². The number of benzene rings is 1. The fourth-order valence-corrected chi connectivity index (χ4v) is 5.62. The van der Waals surface area contributed by atoms with Gasteiger partial charge in [0.2, 0.25) is 15.9 Å². The van der Waals surface area contributed by atoms with E-state index >= 15 is 0 Å². The molecule has 3 heterocycles. The number of amides is 2. The zero-order valence-corrected chi connectivity index (χ0v) is 18.6. The first-order valence-electron chi connectivity index (χ1n) is 10.9. The lowest BCUT2D eigenvalue weighted by molar-refractivity contribution is -0.122. The smallest absolute Gasteiger partial charge is 0.251 e. The van der Waals surface area contributed by atoms with Gasteiger partial charge in [0.1, 0.15) is 5.76 Å². The molecule has 2 aliphatic heterocycles. The second kappa shape index (κ2) is 9.85. The van der Waals surface area contributed by atoms with Crippen LogP contribution in [0.25, 0.3) is 0 Å². The summed E-state index contributed by atoms with van der Waals surface area (Å²) in [5.74, 6) is 0.106. The Labute approximate surface area is 187 Å². The maximum absolute atomic E-state index is 12.9. The highest BCUT2D eigenvalue weighted by atomic mass is 32.2. The highest BCUT2D eigenvalue weighted by molar-refractivity contribution is 7.89. The van der Waals surface area contributed by atoms with Crippen molar-refractivity contribution in [2.45, 2.75) is 30.2 Å². The summed E-state index contributed by atoms with van der Waals surface area (Å²) in [5.41, 5.74) is 0.254. The molecule has 2 fully saturated rings. The average molecular weight is 461 g/mol. The number of hydrogen-bond acceptors (Lipinski definition) is 6. The van der Waals surface area contributed by atoms with Crippen LogP contribution in [0.5, 0.6) is 0 Å². The number of carbonyl (C=O) groups excluding carboxylic acids is 2. The van der Waals surface area contributed by atoms with Crippen molar-refractivity contribution in [1.82, 2.24) is 19.8 Å². The number of carbonyl (C=O) groups is 2. The molecule has 172 valence electrons. The third-order valence-electron chi connectivity index (χ3n) is 5.90. The number of piperazine rings is 1. The Morgan fingerprint density at radius 3 is 2.66 bits per heavy atom. The molecule has 2 aliphatic rings. The molecule has 2 aromatic rings. The van der Waals surface area contributed by atoms with Crippen LogP contribution >= 0.6 is 0 Å². The molecular weight excluding hydrogens is 432 g/mol. The van der Waals surface area contributed by atoms with E-state index in [1.54, 1.807) is 18.4 Å². The largest absolute Gasteiger partial charge is 0.468 e. The molecule has 0 unspecified atom stereocenters. The Kier molecular flexibility index (Phi) is 6.92. The molecule has 1 aromatic carbocycles. The van der Waals surface area contributed by atoms with Crippen LogP contribution in [-0.2, 0) is 14.8 Å². The molecule has 1 aromatic heterocycles. The highest BCUT2D eigenvalue weighted by Gasteiger charge is 2.30. The second-order valence-electron chi connectivity index (χ2n) is 8.05. The van der Waals surface area contributed by atoms with Gasteiger partial charge in [-0.15, -0.1) is 0 Å². The van der Waals surface area contributed by atoms with E-state index in [1.807, 2.05) is 12.1 Å². The first-order chi connectivity index (χ1) is 15.4. The minimum Gasteiger partial charge on any atom is -0.468 e. The summed E-state index contributed by atoms with van der Waals surface area (Å²) in [7, 11) is -3.87. The molecule has 0 spiro atoms. The van der Waals surface area contributed by atoms with Crippen molar-refractivity contribution in [2.75, 3.05) is 39.3 Å². The standard InChI is InChI=1S/C22H28N4O5S/c27-21-16-26(12-9-23-21)32(29,30)18-7-4-6-17(14-18)22(28)24-15-19(20-8-5-13-31-20)25-10-2-1-3-11-25/h4-8,13-14,19H,1-3,9-12,15-16H2,(H,23,27)(H,24,28)/t19-/m0/s1. The van der Waals surface area contributed by atoms with Crippen molar-refractivity contribution >= 4 is 21.8 Å². The van der Waals surface area contributed by atoms with Crippen molar-refractivity contribution in [3.05, 3.63) is 54.0 Å². The second-order valence-corrected chi connectivity index (χ2v) is 9.99. The van der Waals surface area contributed by atoms with Gasteiger partial charge in [0.25, 0.3) is 5.91 Å². The van der Waals surface area contributed by atoms with Crippen LogP contribution in [0.4, 0.5) is 0 Å². The summed E-state index contributed by atoms with van der Waals surface area (Å²) >= 11 is 0. The van der Waals surface area contributed by atoms with Crippen LogP contribution in [-0.4, -0.2) is 68.7 Å². The number of hydrogen-bond donors (Lipinski definition) is 2. The molecule has 0 saturated carbocycles. The molecule has 10 heteroatoms. The van der Waals surface area contributed by atoms with Crippen molar-refractivity contribution < 1.29 is 22.4 Å². The quantitative estimate of drug-likeness (QED) is 0.645. The van der Waals surface area contributed by atoms with Gasteiger partial charge >= 0.3 is 0 Å². The highest BCUT2D eigenvalue weighted by Crippen LogP contribution is 2.25. The summed E-state index contributed by atoms with van der Waals surface area (Å²) < 4.78 is 32.6. The fourth-order valence-electron chi connectivity index (χ4n) is 4.18. The van der Waals surface area contributed by atoms with Crippen molar-refractivity contribution in [3.8, 4) is 0 Å². The number of furan rings is 1. The lowest BCUT2D eigenvalue weighted by Crippen LogP contribution is -2.49. The Balaban J connectivity index is 1.47. The molecule has 1 atom stereocenters. The molecule has 2 N–H and O–H groups in total. The van der Waals surface area contributed by atoms with Crippen molar-refractivity contribution in [2.24, 2.45) is 0 Å². The van der Waals surface area contributed by atoms with E-state index in [0.717, 1.165) is 36.0 Å². The summed E-state index contributed by atoms with van der Waals surface area (Å²) in [6, 6.07) is 9.60. The predicted octanol–water partition coefficient (Wildman–Crippen LogP) is 1.36. The van der Waals surface area contributed by atoms with E-state index in [2.05, 4.69) is 15.5 Å². The fraction of sp³-hybridized carbons (Fsp3) is 0.455. The van der Waals surface area contributed by atoms with E-state index in [4.69, 9.17) is 4.42 Å². The predicted molar refractivity (Wildman–Crippen MR) is 117 cm³/mol. The lowest BCUT2D eigenvalue weighted by atomic mass is 10.1. The summed E-state index contributed by atoms with van der Waals surface area (Å²) in [6.45, 7) is 2.49. The van der Waals surface area contributed by atoms with Crippen LogP contribution in [0.1, 0.15) is 41.4 Å². The Morgan fingerprint density at radius 2 is 1.94 bits per heavy atom. The maximum Gasteiger partial charge on any atom is 0.251 e. The number of nitrogens with one attached hydrogen (secondary N) is 2. The average Bonchev–Trinajstić information content (AvgIpc) is 3.34. The summed E-state index contributed by atoms with van der Waals surface area (Å²) in [6.07, 6.45) is 5.05. The van der Waals surface area contributed by atoms with Gasteiger partial charge in [-0.2, -0.15) is 4.31 Å². The summed E-state index contributed by atoms with van der Waals surface area (Å²) in [4.78, 5) is 26.8. The van der Waals surface area contributed by atoms with Gasteiger partial charge in [-0.25, -0.2) is 8.42 Å². The normalized spacial score (nSPS) is 19.3. The topological polar surface area (TPSA) is 112 Å². The Hall–Kier alpha value is -2.69. The SMILES string of the molecule is O=C1CN(S(=O)(=O)c2cccc(C(=O)NC[C@@H](c3ccco3)N3CCCCC3)c2)CCN1. The van der Waals surface area contributed by atoms with Gasteiger partial charge in [-0.3, -0.25) is 14.5 Å². The van der Waals surface area contributed by atoms with Gasteiger partial charge in [-0.05, 0) is 56.3 Å². The third-order valence-corrected chi connectivity index (χ3v) is 7.74. The number of likely N-dealkylation sites (tertiary alicyclic amines) is 1. The molecule has 0 aliphatic carbocycles. The van der Waals surface area contributed by atoms with Gasteiger partial charge in [0, 0.05) is 25.2 Å². The third kappa shape index (κ3) is 5.03.